The maximum absolute atomic E-state index is 12.8. The smallest absolute Gasteiger partial charge is 0.278 e. The maximum atomic E-state index is 12.8. The molecular formula is C20H19N3O2. The van der Waals surface area contributed by atoms with Gasteiger partial charge in [0, 0.05) is 18.3 Å². The number of hydrogen-bond donors (Lipinski definition) is 0. The number of anilines is 1. The van der Waals surface area contributed by atoms with Crippen LogP contribution in [0.25, 0.3) is 0 Å². The molecule has 0 saturated heterocycles. The molecule has 25 heavy (non-hydrogen) atoms. The van der Waals surface area contributed by atoms with E-state index in [-0.39, 0.29) is 17.2 Å². The highest BCUT2D eigenvalue weighted by molar-refractivity contribution is 6.04. The monoisotopic (exact) mass is 333 g/mol. The summed E-state index contributed by atoms with van der Waals surface area (Å²) in [4.78, 5) is 26.6. The third-order valence-corrected chi connectivity index (χ3v) is 3.89. The molecule has 0 atom stereocenters. The van der Waals surface area contributed by atoms with Gasteiger partial charge in [0.25, 0.3) is 11.5 Å². The van der Waals surface area contributed by atoms with Gasteiger partial charge in [0.15, 0.2) is 0 Å². The third kappa shape index (κ3) is 3.83. The van der Waals surface area contributed by atoms with Crippen LogP contribution >= 0.6 is 0 Å². The Bertz CT molecular complexity index is 905. The number of nitrogens with zero attached hydrogens (tertiary/aromatic N) is 3. The van der Waals surface area contributed by atoms with Crippen LogP contribution in [-0.4, -0.2) is 22.2 Å². The van der Waals surface area contributed by atoms with Gasteiger partial charge in [0.05, 0.1) is 6.54 Å². The van der Waals surface area contributed by atoms with Gasteiger partial charge in [0.2, 0.25) is 0 Å². The molecule has 0 aliphatic carbocycles. The lowest BCUT2D eigenvalue weighted by atomic mass is 10.2. The minimum atomic E-state index is -0.233. The normalized spacial score (nSPS) is 10.4. The fourth-order valence-electron chi connectivity index (χ4n) is 2.62. The molecule has 0 aliphatic heterocycles. The first-order valence-electron chi connectivity index (χ1n) is 8.18. The largest absolute Gasteiger partial charge is 0.307 e. The van der Waals surface area contributed by atoms with Crippen molar-refractivity contribution < 1.29 is 4.79 Å². The van der Waals surface area contributed by atoms with Gasteiger partial charge < -0.3 is 4.90 Å². The molecular weight excluding hydrogens is 314 g/mol. The molecule has 0 radical (unpaired) electrons. The average molecular weight is 333 g/mol. The Labute approximate surface area is 146 Å². The maximum Gasteiger partial charge on any atom is 0.278 e. The quantitative estimate of drug-likeness (QED) is 0.721. The average Bonchev–Trinajstić information content (AvgIpc) is 2.66. The van der Waals surface area contributed by atoms with Gasteiger partial charge in [0.1, 0.15) is 5.69 Å². The van der Waals surface area contributed by atoms with E-state index in [2.05, 4.69) is 5.10 Å². The molecule has 0 fully saturated rings. The molecule has 0 bridgehead atoms. The highest BCUT2D eigenvalue weighted by Crippen LogP contribution is 2.15. The highest BCUT2D eigenvalue weighted by Gasteiger charge is 2.18. The lowest BCUT2D eigenvalue weighted by molar-refractivity contribution is 0.0981. The first-order chi connectivity index (χ1) is 12.2. The number of amides is 1. The van der Waals surface area contributed by atoms with Crippen LogP contribution in [0.15, 0.2) is 77.6 Å². The minimum Gasteiger partial charge on any atom is -0.307 e. The molecule has 2 aromatic carbocycles. The number of para-hydroxylation sites is 1. The summed E-state index contributed by atoms with van der Waals surface area (Å²) >= 11 is 0. The zero-order chi connectivity index (χ0) is 17.6. The number of carbonyl (C=O) groups excluding carboxylic acids is 1. The van der Waals surface area contributed by atoms with Gasteiger partial charge in [-0.1, -0.05) is 48.5 Å². The van der Waals surface area contributed by atoms with E-state index >= 15 is 0 Å². The summed E-state index contributed by atoms with van der Waals surface area (Å²) in [6.07, 6.45) is 0. The van der Waals surface area contributed by atoms with Crippen LogP contribution in [0.4, 0.5) is 5.69 Å². The van der Waals surface area contributed by atoms with Gasteiger partial charge in [-0.25, -0.2) is 4.68 Å². The van der Waals surface area contributed by atoms with E-state index in [9.17, 15) is 9.59 Å². The van der Waals surface area contributed by atoms with Crippen LogP contribution in [-0.2, 0) is 6.54 Å². The Hall–Kier alpha value is -3.21. The van der Waals surface area contributed by atoms with Crippen molar-refractivity contribution in [2.24, 2.45) is 0 Å². The number of carbonyl (C=O) groups is 1. The number of aromatic nitrogens is 2. The second-order valence-electron chi connectivity index (χ2n) is 5.59. The summed E-state index contributed by atoms with van der Waals surface area (Å²) in [6.45, 7) is 2.76. The Morgan fingerprint density at radius 2 is 1.60 bits per heavy atom. The lowest BCUT2D eigenvalue weighted by Crippen LogP contribution is -2.34. The van der Waals surface area contributed by atoms with Crippen molar-refractivity contribution in [3.05, 3.63) is 94.4 Å². The van der Waals surface area contributed by atoms with Crippen molar-refractivity contribution in [3.8, 4) is 0 Å². The Morgan fingerprint density at radius 1 is 0.960 bits per heavy atom. The van der Waals surface area contributed by atoms with Gasteiger partial charge in [-0.15, -0.1) is 0 Å². The Kier molecular flexibility index (Phi) is 5.04. The first kappa shape index (κ1) is 16.6. The van der Waals surface area contributed by atoms with Crippen molar-refractivity contribution in [2.45, 2.75) is 13.5 Å². The molecule has 1 heterocycles. The standard InChI is InChI=1S/C20H19N3O2/c1-2-22(17-11-7-4-8-12-17)20(25)18-13-14-19(24)23(21-18)15-16-9-5-3-6-10-16/h3-14H,2,15H2,1H3. The van der Waals surface area contributed by atoms with Gasteiger partial charge in [-0.05, 0) is 30.7 Å². The zero-order valence-corrected chi connectivity index (χ0v) is 14.0. The minimum absolute atomic E-state index is 0.226. The Balaban J connectivity index is 1.90. The van der Waals surface area contributed by atoms with Crippen molar-refractivity contribution in [1.82, 2.24) is 9.78 Å². The topological polar surface area (TPSA) is 55.2 Å². The molecule has 0 unspecified atom stereocenters. The number of hydrogen-bond acceptors (Lipinski definition) is 3. The van der Waals surface area contributed by atoms with Gasteiger partial charge in [-0.2, -0.15) is 5.10 Å². The van der Waals surface area contributed by atoms with Gasteiger partial charge in [-0.3, -0.25) is 9.59 Å². The molecule has 0 N–H and O–H groups in total. The van der Waals surface area contributed by atoms with Crippen LogP contribution in [0.3, 0.4) is 0 Å². The van der Waals surface area contributed by atoms with E-state index in [4.69, 9.17) is 0 Å². The molecule has 126 valence electrons. The van der Waals surface area contributed by atoms with E-state index in [1.54, 1.807) is 4.90 Å². The molecule has 0 aliphatic rings. The van der Waals surface area contributed by atoms with Crippen LogP contribution in [0.5, 0.6) is 0 Å². The van der Waals surface area contributed by atoms with Crippen LogP contribution in [0.1, 0.15) is 23.0 Å². The van der Waals surface area contributed by atoms with E-state index in [0.29, 0.717) is 13.1 Å². The van der Waals surface area contributed by atoms with Crippen molar-refractivity contribution in [3.63, 3.8) is 0 Å². The summed E-state index contributed by atoms with van der Waals surface area (Å²) < 4.78 is 1.32. The zero-order valence-electron chi connectivity index (χ0n) is 14.0. The fraction of sp³-hybridized carbons (Fsp3) is 0.150. The highest BCUT2D eigenvalue weighted by atomic mass is 16.2. The fourth-order valence-corrected chi connectivity index (χ4v) is 2.62. The lowest BCUT2D eigenvalue weighted by Gasteiger charge is -2.20. The molecule has 3 rings (SSSR count). The van der Waals surface area contributed by atoms with E-state index < -0.39 is 0 Å². The molecule has 0 saturated carbocycles. The van der Waals surface area contributed by atoms with Crippen molar-refractivity contribution >= 4 is 11.6 Å². The van der Waals surface area contributed by atoms with E-state index in [1.807, 2.05) is 67.6 Å². The van der Waals surface area contributed by atoms with E-state index in [1.165, 1.54) is 16.8 Å². The summed E-state index contributed by atoms with van der Waals surface area (Å²) in [5.41, 5.74) is 1.78. The molecule has 5 heteroatoms. The number of benzene rings is 2. The second-order valence-corrected chi connectivity index (χ2v) is 5.59. The van der Waals surface area contributed by atoms with Crippen molar-refractivity contribution in [2.75, 3.05) is 11.4 Å². The van der Waals surface area contributed by atoms with E-state index in [0.717, 1.165) is 11.3 Å². The summed E-state index contributed by atoms with van der Waals surface area (Å²) in [7, 11) is 0. The summed E-state index contributed by atoms with van der Waals surface area (Å²) in [5, 5.41) is 4.27. The number of rotatable bonds is 5. The molecule has 1 aromatic heterocycles. The molecule has 3 aromatic rings. The summed E-state index contributed by atoms with van der Waals surface area (Å²) in [6, 6.07) is 21.9. The van der Waals surface area contributed by atoms with Crippen LogP contribution < -0.4 is 10.5 Å². The SMILES string of the molecule is CCN(C(=O)c1ccc(=O)n(Cc2ccccc2)n1)c1ccccc1. The molecule has 1 amide bonds. The summed E-state index contributed by atoms with van der Waals surface area (Å²) in [5.74, 6) is -0.226. The predicted molar refractivity (Wildman–Crippen MR) is 97.8 cm³/mol. The molecule has 0 spiro atoms. The first-order valence-corrected chi connectivity index (χ1v) is 8.18. The third-order valence-electron chi connectivity index (χ3n) is 3.89. The molecule has 5 nitrogen and oxygen atoms in total. The van der Waals surface area contributed by atoms with Gasteiger partial charge >= 0.3 is 0 Å². The van der Waals surface area contributed by atoms with Crippen LogP contribution in [0, 0.1) is 0 Å². The van der Waals surface area contributed by atoms with Crippen LogP contribution in [0.2, 0.25) is 0 Å². The second kappa shape index (κ2) is 7.57. The Morgan fingerprint density at radius 3 is 2.24 bits per heavy atom. The predicted octanol–water partition coefficient (Wildman–Crippen LogP) is 2.96. The van der Waals surface area contributed by atoms with Crippen molar-refractivity contribution in [1.29, 1.82) is 0 Å².